The lowest BCUT2D eigenvalue weighted by Crippen LogP contribution is -2.14. The number of carbonyl (C=O) groups excluding carboxylic acids is 2. The van der Waals surface area contributed by atoms with Gasteiger partial charge in [0, 0.05) is 0 Å². The Bertz CT molecular complexity index is 750. The summed E-state index contributed by atoms with van der Waals surface area (Å²) in [5.41, 5.74) is 0.0392. The van der Waals surface area contributed by atoms with Crippen LogP contribution in [0.2, 0.25) is 10.0 Å². The molecule has 0 fully saturated rings. The molecule has 2 rings (SSSR count). The van der Waals surface area contributed by atoms with Crippen molar-refractivity contribution < 1.29 is 18.7 Å². The van der Waals surface area contributed by atoms with Gasteiger partial charge in [0.2, 0.25) is 0 Å². The smallest absolute Gasteiger partial charge is 0.337 e. The van der Waals surface area contributed by atoms with Crippen molar-refractivity contribution in [3.05, 3.63) is 63.4 Å². The average Bonchev–Trinajstić information content (AvgIpc) is 2.51. The molecule has 0 atom stereocenters. The standard InChI is InChI=1S/C15H10Cl2FNO3/c1-22-15(21)8-5-6-11(18)12(7-8)19-14(20)9-3-2-4-10(16)13(9)17/h2-7H,1H3,(H,19,20). The Hall–Kier alpha value is -2.11. The van der Waals surface area contributed by atoms with Crippen LogP contribution in [0.1, 0.15) is 20.7 Å². The zero-order valence-corrected chi connectivity index (χ0v) is 12.8. The van der Waals surface area contributed by atoms with Crippen LogP contribution in [0.5, 0.6) is 0 Å². The number of ether oxygens (including phenoxy) is 1. The first kappa shape index (κ1) is 16.3. The van der Waals surface area contributed by atoms with Crippen LogP contribution < -0.4 is 5.32 Å². The van der Waals surface area contributed by atoms with Crippen LogP contribution >= 0.6 is 23.2 Å². The molecule has 0 radical (unpaired) electrons. The fraction of sp³-hybridized carbons (Fsp3) is 0.0667. The van der Waals surface area contributed by atoms with Crippen LogP contribution in [0.25, 0.3) is 0 Å². The Morgan fingerprint density at radius 2 is 1.91 bits per heavy atom. The summed E-state index contributed by atoms with van der Waals surface area (Å²) < 4.78 is 18.3. The number of nitrogens with one attached hydrogen (secondary N) is 1. The molecule has 7 heteroatoms. The van der Waals surface area contributed by atoms with Gasteiger partial charge in [0.15, 0.2) is 0 Å². The molecule has 2 aromatic carbocycles. The van der Waals surface area contributed by atoms with Gasteiger partial charge in [-0.1, -0.05) is 29.3 Å². The predicted molar refractivity (Wildman–Crippen MR) is 82.2 cm³/mol. The molecule has 4 nitrogen and oxygen atoms in total. The first-order chi connectivity index (χ1) is 10.4. The maximum absolute atomic E-state index is 13.8. The van der Waals surface area contributed by atoms with E-state index >= 15 is 0 Å². The number of hydrogen-bond donors (Lipinski definition) is 1. The third-order valence-corrected chi connectivity index (χ3v) is 3.65. The first-order valence-corrected chi connectivity index (χ1v) is 6.83. The van der Waals surface area contributed by atoms with Gasteiger partial charge in [-0.25, -0.2) is 9.18 Å². The van der Waals surface area contributed by atoms with Gasteiger partial charge >= 0.3 is 5.97 Å². The molecule has 0 aromatic heterocycles. The first-order valence-electron chi connectivity index (χ1n) is 6.07. The molecule has 0 unspecified atom stereocenters. The molecule has 0 aliphatic carbocycles. The van der Waals surface area contributed by atoms with E-state index in [1.165, 1.54) is 31.4 Å². The van der Waals surface area contributed by atoms with Crippen LogP contribution in [-0.2, 0) is 4.74 Å². The van der Waals surface area contributed by atoms with Crippen LogP contribution in [0, 0.1) is 5.82 Å². The molecule has 22 heavy (non-hydrogen) atoms. The van der Waals surface area contributed by atoms with E-state index in [2.05, 4.69) is 10.1 Å². The Morgan fingerprint density at radius 1 is 1.18 bits per heavy atom. The molecule has 0 saturated carbocycles. The highest BCUT2D eigenvalue weighted by atomic mass is 35.5. The van der Waals surface area contributed by atoms with Crippen molar-refractivity contribution in [2.24, 2.45) is 0 Å². The summed E-state index contributed by atoms with van der Waals surface area (Å²) in [5.74, 6) is -1.98. The molecule has 1 N–H and O–H groups in total. The van der Waals surface area contributed by atoms with Crippen molar-refractivity contribution in [1.29, 1.82) is 0 Å². The maximum atomic E-state index is 13.8. The zero-order chi connectivity index (χ0) is 16.3. The molecule has 1 amide bonds. The highest BCUT2D eigenvalue weighted by Crippen LogP contribution is 2.26. The number of rotatable bonds is 3. The number of esters is 1. The lowest BCUT2D eigenvalue weighted by Gasteiger charge is -2.09. The molecule has 114 valence electrons. The molecule has 0 aliphatic rings. The zero-order valence-electron chi connectivity index (χ0n) is 11.3. The Labute approximate surface area is 135 Å². The number of halogens is 3. The van der Waals surface area contributed by atoms with Crippen molar-refractivity contribution in [3.8, 4) is 0 Å². The Kier molecular flexibility index (Phi) is 5.00. The van der Waals surface area contributed by atoms with Crippen LogP contribution in [-0.4, -0.2) is 19.0 Å². The molecular weight excluding hydrogens is 332 g/mol. The summed E-state index contributed by atoms with van der Waals surface area (Å²) in [5, 5.41) is 2.62. The highest BCUT2D eigenvalue weighted by Gasteiger charge is 2.16. The quantitative estimate of drug-likeness (QED) is 0.852. The minimum atomic E-state index is -0.695. The number of amides is 1. The van der Waals surface area contributed by atoms with E-state index in [4.69, 9.17) is 23.2 Å². The molecule has 2 aromatic rings. The van der Waals surface area contributed by atoms with E-state index in [9.17, 15) is 14.0 Å². The van der Waals surface area contributed by atoms with E-state index in [0.717, 1.165) is 6.07 Å². The molecule has 0 saturated heterocycles. The van der Waals surface area contributed by atoms with Crippen molar-refractivity contribution in [2.75, 3.05) is 12.4 Å². The van der Waals surface area contributed by atoms with Crippen molar-refractivity contribution in [2.45, 2.75) is 0 Å². The SMILES string of the molecule is COC(=O)c1ccc(F)c(NC(=O)c2cccc(Cl)c2Cl)c1. The third-order valence-electron chi connectivity index (χ3n) is 2.83. The fourth-order valence-electron chi connectivity index (χ4n) is 1.73. The number of methoxy groups -OCH3 is 1. The van der Waals surface area contributed by atoms with E-state index < -0.39 is 17.7 Å². The monoisotopic (exact) mass is 341 g/mol. The third kappa shape index (κ3) is 3.37. The van der Waals surface area contributed by atoms with Gasteiger partial charge < -0.3 is 10.1 Å². The molecular formula is C15H10Cl2FNO3. The minimum Gasteiger partial charge on any atom is -0.465 e. The fourth-order valence-corrected chi connectivity index (χ4v) is 2.12. The molecule has 0 heterocycles. The largest absolute Gasteiger partial charge is 0.465 e. The summed E-state index contributed by atoms with van der Waals surface area (Å²) in [6.45, 7) is 0. The van der Waals surface area contributed by atoms with E-state index in [0.29, 0.717) is 0 Å². The minimum absolute atomic E-state index is 0.0613. The summed E-state index contributed by atoms with van der Waals surface area (Å²) >= 11 is 11.8. The van der Waals surface area contributed by atoms with Gasteiger partial charge in [-0.05, 0) is 30.3 Å². The number of benzene rings is 2. The van der Waals surface area contributed by atoms with E-state index in [1.807, 2.05) is 0 Å². The molecule has 0 spiro atoms. The van der Waals surface area contributed by atoms with Gasteiger partial charge in [-0.3, -0.25) is 4.79 Å². The second kappa shape index (κ2) is 6.77. The summed E-state index contributed by atoms with van der Waals surface area (Å²) in [6.07, 6.45) is 0. The number of hydrogen-bond acceptors (Lipinski definition) is 3. The summed E-state index contributed by atoms with van der Waals surface area (Å²) in [6, 6.07) is 8.01. The number of carbonyl (C=O) groups is 2. The lowest BCUT2D eigenvalue weighted by atomic mass is 10.1. The van der Waals surface area contributed by atoms with Crippen molar-refractivity contribution >= 4 is 40.8 Å². The number of anilines is 1. The molecule has 0 bridgehead atoms. The highest BCUT2D eigenvalue weighted by molar-refractivity contribution is 6.44. The topological polar surface area (TPSA) is 55.4 Å². The summed E-state index contributed by atoms with van der Waals surface area (Å²) in [7, 11) is 1.20. The lowest BCUT2D eigenvalue weighted by molar-refractivity contribution is 0.0600. The predicted octanol–water partition coefficient (Wildman–Crippen LogP) is 4.17. The normalized spacial score (nSPS) is 10.2. The van der Waals surface area contributed by atoms with Gasteiger partial charge in [-0.2, -0.15) is 0 Å². The molecule has 0 aliphatic heterocycles. The average molecular weight is 342 g/mol. The van der Waals surface area contributed by atoms with Gasteiger partial charge in [0.05, 0.1) is 34.0 Å². The van der Waals surface area contributed by atoms with Crippen molar-refractivity contribution in [1.82, 2.24) is 0 Å². The summed E-state index contributed by atoms with van der Waals surface area (Å²) in [4.78, 5) is 23.6. The maximum Gasteiger partial charge on any atom is 0.337 e. The van der Waals surface area contributed by atoms with Crippen molar-refractivity contribution in [3.63, 3.8) is 0 Å². The second-order valence-corrected chi connectivity index (χ2v) is 5.03. The van der Waals surface area contributed by atoms with Gasteiger partial charge in [-0.15, -0.1) is 0 Å². The van der Waals surface area contributed by atoms with Crippen LogP contribution in [0.4, 0.5) is 10.1 Å². The van der Waals surface area contributed by atoms with Crippen LogP contribution in [0.3, 0.4) is 0 Å². The van der Waals surface area contributed by atoms with Gasteiger partial charge in [0.1, 0.15) is 5.82 Å². The Morgan fingerprint density at radius 3 is 2.59 bits per heavy atom. The van der Waals surface area contributed by atoms with Crippen LogP contribution in [0.15, 0.2) is 36.4 Å². The van der Waals surface area contributed by atoms with E-state index in [-0.39, 0.29) is 26.9 Å². The van der Waals surface area contributed by atoms with Gasteiger partial charge in [0.25, 0.3) is 5.91 Å². The second-order valence-electron chi connectivity index (χ2n) is 4.24. The van der Waals surface area contributed by atoms with E-state index in [1.54, 1.807) is 6.07 Å². The Balaban J connectivity index is 2.32.